The number of nitrogens with zero attached hydrogens (tertiary/aromatic N) is 3. The first-order valence-electron chi connectivity index (χ1n) is 10.6. The molecule has 0 unspecified atom stereocenters. The number of quaternary nitrogens is 1. The van der Waals surface area contributed by atoms with Crippen molar-refractivity contribution < 1.29 is 50.3 Å². The summed E-state index contributed by atoms with van der Waals surface area (Å²) in [5, 5.41) is 3.02. The van der Waals surface area contributed by atoms with E-state index in [4.69, 9.17) is 0 Å². The van der Waals surface area contributed by atoms with Gasteiger partial charge in [0, 0.05) is 32.4 Å². The van der Waals surface area contributed by atoms with E-state index in [2.05, 4.69) is 48.2 Å². The molecule has 2 aliphatic carbocycles. The van der Waals surface area contributed by atoms with E-state index in [1.54, 1.807) is 0 Å². The molecule has 0 aliphatic heterocycles. The Bertz CT molecular complexity index is 478. The number of halogens is 1. The summed E-state index contributed by atoms with van der Waals surface area (Å²) in [6.07, 6.45) is 21.6. The van der Waals surface area contributed by atoms with Crippen molar-refractivity contribution in [2.75, 3.05) is 46.8 Å². The van der Waals surface area contributed by atoms with Crippen molar-refractivity contribution >= 4 is 11.9 Å². The Labute approximate surface area is 219 Å². The minimum absolute atomic E-state index is 0. The van der Waals surface area contributed by atoms with Gasteiger partial charge in [-0.15, -0.1) is 0 Å². The van der Waals surface area contributed by atoms with Crippen LogP contribution in [-0.4, -0.2) is 63.2 Å². The molecular formula is C24H37FeIN4O+2. The van der Waals surface area contributed by atoms with Crippen molar-refractivity contribution in [3.05, 3.63) is 63.7 Å². The third kappa shape index (κ3) is 20.4. The van der Waals surface area contributed by atoms with Gasteiger partial charge in [-0.25, -0.2) is 9.98 Å². The Morgan fingerprint density at radius 1 is 0.968 bits per heavy atom. The van der Waals surface area contributed by atoms with Crippen LogP contribution in [0.4, 0.5) is 0 Å². The second-order valence-electron chi connectivity index (χ2n) is 7.65. The van der Waals surface area contributed by atoms with E-state index in [9.17, 15) is 4.79 Å². The van der Waals surface area contributed by atoms with Crippen LogP contribution in [0.15, 0.2) is 9.98 Å². The van der Waals surface area contributed by atoms with E-state index in [0.29, 0.717) is 6.42 Å². The number of aliphatic imine (C=N–C) groups is 2. The van der Waals surface area contributed by atoms with Gasteiger partial charge in [-0.3, -0.25) is 4.79 Å². The fourth-order valence-corrected chi connectivity index (χ4v) is 2.84. The molecule has 31 heavy (non-hydrogen) atoms. The van der Waals surface area contributed by atoms with E-state index in [1.165, 1.54) is 5.92 Å². The zero-order chi connectivity index (χ0) is 21.2. The molecule has 7 heteroatoms. The van der Waals surface area contributed by atoms with Crippen molar-refractivity contribution in [1.82, 2.24) is 5.32 Å². The first kappa shape index (κ1) is 33.2. The van der Waals surface area contributed by atoms with E-state index in [1.807, 2.05) is 51.9 Å². The van der Waals surface area contributed by atoms with Crippen molar-refractivity contribution in [2.24, 2.45) is 9.98 Å². The topological polar surface area (TPSA) is 53.8 Å². The molecule has 2 rings (SSSR count). The van der Waals surface area contributed by atoms with Gasteiger partial charge in [0.15, 0.2) is 0 Å². The summed E-state index contributed by atoms with van der Waals surface area (Å²) in [5.41, 5.74) is 0. The minimum atomic E-state index is 0. The summed E-state index contributed by atoms with van der Waals surface area (Å²) < 4.78 is 0.948. The van der Waals surface area contributed by atoms with Crippen LogP contribution in [0.5, 0.6) is 0 Å². The van der Waals surface area contributed by atoms with Crippen molar-refractivity contribution in [1.29, 1.82) is 0 Å². The normalized spacial score (nSPS) is 15.6. The monoisotopic (exact) mass is 580 g/mol. The quantitative estimate of drug-likeness (QED) is 0.117. The maximum absolute atomic E-state index is 11.8. The van der Waals surface area contributed by atoms with E-state index in [-0.39, 0.29) is 47.0 Å². The summed E-state index contributed by atoms with van der Waals surface area (Å²) in [5.74, 6) is 1.38. The van der Waals surface area contributed by atoms with Crippen LogP contribution in [0.3, 0.4) is 0 Å². The van der Waals surface area contributed by atoms with E-state index >= 15 is 0 Å². The molecule has 2 saturated carbocycles. The average Bonchev–Trinajstić information content (AvgIpc) is 3.43. The molecule has 0 aromatic rings. The molecule has 1 N–H and O–H groups in total. The summed E-state index contributed by atoms with van der Waals surface area (Å²) in [6, 6.07) is 2.70. The van der Waals surface area contributed by atoms with Gasteiger partial charge in [0.05, 0.1) is 39.7 Å². The summed E-state index contributed by atoms with van der Waals surface area (Å²) in [7, 11) is 4.45. The third-order valence-corrected chi connectivity index (χ3v) is 4.52. The number of hydrogen-bond acceptors (Lipinski definition) is 3. The number of rotatable bonds is 12. The number of carbonyl (C=O) groups excluding carboxylic acids is 1. The molecular weight excluding hydrogens is 543 g/mol. The second kappa shape index (κ2) is 21.9. The molecule has 172 valence electrons. The molecule has 2 fully saturated rings. The molecule has 0 aromatic heterocycles. The average molecular weight is 580 g/mol. The Kier molecular flexibility index (Phi) is 23.5. The van der Waals surface area contributed by atoms with Gasteiger partial charge in [0.1, 0.15) is 0 Å². The number of carbonyl (C=O) groups is 1. The standard InChI is InChI=1S/C19H31N4O.C5H5.Fe.HI/c1-4-20-17-21-13-7-15-23(2,3)16-8-14-22-19(24)12-11-18-9-5-6-10-18;1-2-4-5-3-1;;/h5-6,9-10H,4,7-8,11-16H2,1-3H3;1-5H;;1H/q;;+2;. The zero-order valence-electron chi connectivity index (χ0n) is 19.0. The Balaban J connectivity index is 0. The number of nitrogens with one attached hydrogen (secondary N) is 1. The first-order valence-corrected chi connectivity index (χ1v) is 10.6. The van der Waals surface area contributed by atoms with Gasteiger partial charge in [0.25, 0.3) is 0 Å². The zero-order valence-corrected chi connectivity index (χ0v) is 22.3. The van der Waals surface area contributed by atoms with Gasteiger partial charge in [0.2, 0.25) is 5.91 Å². The molecule has 0 saturated heterocycles. The molecule has 0 aromatic carbocycles. The first-order chi connectivity index (χ1) is 14.0. The Morgan fingerprint density at radius 2 is 1.55 bits per heavy atom. The molecule has 0 spiro atoms. The van der Waals surface area contributed by atoms with E-state index < -0.39 is 0 Å². The van der Waals surface area contributed by atoms with Crippen LogP contribution in [0.1, 0.15) is 32.6 Å². The number of amides is 1. The minimum Gasteiger partial charge on any atom is -1.00 e. The van der Waals surface area contributed by atoms with E-state index in [0.717, 1.165) is 56.5 Å². The van der Waals surface area contributed by atoms with Crippen LogP contribution in [0, 0.1) is 63.7 Å². The van der Waals surface area contributed by atoms with Crippen LogP contribution in [-0.2, 0) is 21.9 Å². The molecule has 2 aliphatic rings. The summed E-state index contributed by atoms with van der Waals surface area (Å²) in [6.45, 7) is 6.37. The second-order valence-corrected chi connectivity index (χ2v) is 7.65. The van der Waals surface area contributed by atoms with Crippen LogP contribution >= 0.6 is 0 Å². The third-order valence-electron chi connectivity index (χ3n) is 4.52. The molecule has 0 heterocycles. The fourth-order valence-electron chi connectivity index (χ4n) is 2.84. The summed E-state index contributed by atoms with van der Waals surface area (Å²) >= 11 is 0. The van der Waals surface area contributed by atoms with Crippen LogP contribution in [0.25, 0.3) is 0 Å². The SMILES string of the molecule is CCN=C=NCCC[N+](C)(C)CCCNC(=O)CC[C]1[CH][CH][CH][CH]1.[CH]1[CH][CH][CH][CH]1.[Fe+2].[I-]. The molecule has 10 radical (unpaired) electrons. The molecule has 5 nitrogen and oxygen atoms in total. The van der Waals surface area contributed by atoms with Gasteiger partial charge < -0.3 is 33.8 Å². The Hall–Kier alpha value is 0.0595. The largest absolute Gasteiger partial charge is 2.00 e. The molecule has 0 bridgehead atoms. The van der Waals surface area contributed by atoms with Gasteiger partial charge in [-0.1, -0.05) is 0 Å². The summed E-state index contributed by atoms with van der Waals surface area (Å²) in [4.78, 5) is 19.9. The Morgan fingerprint density at radius 3 is 2.13 bits per heavy atom. The maximum atomic E-state index is 11.8. The maximum Gasteiger partial charge on any atom is 2.00 e. The molecule has 0 atom stereocenters. The van der Waals surface area contributed by atoms with Gasteiger partial charge in [-0.2, -0.15) is 0 Å². The number of hydrogen-bond donors (Lipinski definition) is 1. The van der Waals surface area contributed by atoms with Gasteiger partial charge >= 0.3 is 17.1 Å². The van der Waals surface area contributed by atoms with Crippen LogP contribution in [0.2, 0.25) is 0 Å². The predicted octanol–water partition coefficient (Wildman–Crippen LogP) is 0.361. The van der Waals surface area contributed by atoms with Crippen molar-refractivity contribution in [3.8, 4) is 0 Å². The fraction of sp³-hybridized carbons (Fsp3) is 0.500. The van der Waals surface area contributed by atoms with Gasteiger partial charge in [-0.05, 0) is 77.0 Å². The van der Waals surface area contributed by atoms with Crippen molar-refractivity contribution in [2.45, 2.75) is 32.6 Å². The molecule has 1 amide bonds. The smallest absolute Gasteiger partial charge is 1.00 e. The van der Waals surface area contributed by atoms with Crippen LogP contribution < -0.4 is 29.3 Å². The predicted molar refractivity (Wildman–Crippen MR) is 121 cm³/mol. The van der Waals surface area contributed by atoms with Crippen molar-refractivity contribution in [3.63, 3.8) is 0 Å².